The summed E-state index contributed by atoms with van der Waals surface area (Å²) in [5.74, 6) is -1.02. The fraction of sp³-hybridized carbons (Fsp3) is 0.818. The average molecular weight is 242 g/mol. The number of ether oxygens (including phenoxy) is 1. The Hall–Kier alpha value is -1.30. The highest BCUT2D eigenvalue weighted by Gasteiger charge is 2.38. The molecule has 0 radical (unpaired) electrons. The maximum Gasteiger partial charge on any atom is 0.328 e. The van der Waals surface area contributed by atoms with Crippen molar-refractivity contribution in [2.45, 2.75) is 37.8 Å². The van der Waals surface area contributed by atoms with E-state index < -0.39 is 12.0 Å². The number of morpholine rings is 1. The molecular weight excluding hydrogens is 224 g/mol. The predicted molar refractivity (Wildman–Crippen MR) is 59.7 cm³/mol. The Morgan fingerprint density at radius 1 is 1.47 bits per heavy atom. The lowest BCUT2D eigenvalue weighted by Crippen LogP contribution is -2.61. The molecule has 6 heteroatoms. The Balaban J connectivity index is 1.98. The fourth-order valence-corrected chi connectivity index (χ4v) is 2.21. The Morgan fingerprint density at radius 2 is 2.18 bits per heavy atom. The van der Waals surface area contributed by atoms with Gasteiger partial charge < -0.3 is 20.1 Å². The summed E-state index contributed by atoms with van der Waals surface area (Å²) < 4.78 is 5.09. The van der Waals surface area contributed by atoms with Crippen LogP contribution < -0.4 is 5.32 Å². The summed E-state index contributed by atoms with van der Waals surface area (Å²) >= 11 is 0. The first kappa shape index (κ1) is 12.2. The molecule has 2 amide bonds. The molecule has 2 fully saturated rings. The van der Waals surface area contributed by atoms with Gasteiger partial charge in [-0.3, -0.25) is 0 Å². The average Bonchev–Trinajstić information content (AvgIpc) is 2.26. The number of hydrogen-bond acceptors (Lipinski definition) is 3. The van der Waals surface area contributed by atoms with Crippen molar-refractivity contribution in [3.8, 4) is 0 Å². The van der Waals surface area contributed by atoms with Crippen molar-refractivity contribution in [2.75, 3.05) is 19.8 Å². The highest BCUT2D eigenvalue weighted by molar-refractivity contribution is 5.83. The van der Waals surface area contributed by atoms with Crippen LogP contribution in [0.4, 0.5) is 4.79 Å². The second kappa shape index (κ2) is 4.52. The molecule has 0 aromatic rings. The lowest BCUT2D eigenvalue weighted by Gasteiger charge is -2.42. The lowest BCUT2D eigenvalue weighted by molar-refractivity contribution is -0.147. The van der Waals surface area contributed by atoms with Gasteiger partial charge in [0.15, 0.2) is 6.04 Å². The topological polar surface area (TPSA) is 78.9 Å². The summed E-state index contributed by atoms with van der Waals surface area (Å²) in [7, 11) is 0. The van der Waals surface area contributed by atoms with Crippen LogP contribution in [0.5, 0.6) is 0 Å². The Morgan fingerprint density at radius 3 is 2.71 bits per heavy atom. The number of amides is 2. The zero-order valence-electron chi connectivity index (χ0n) is 9.94. The zero-order valence-corrected chi connectivity index (χ0v) is 9.94. The summed E-state index contributed by atoms with van der Waals surface area (Å²) in [5, 5.41) is 11.9. The number of nitrogens with one attached hydrogen (secondary N) is 1. The van der Waals surface area contributed by atoms with Gasteiger partial charge >= 0.3 is 12.0 Å². The molecule has 2 N–H and O–H groups in total. The van der Waals surface area contributed by atoms with Crippen LogP contribution in [0.15, 0.2) is 0 Å². The van der Waals surface area contributed by atoms with Crippen LogP contribution in [0.1, 0.15) is 26.2 Å². The lowest BCUT2D eigenvalue weighted by atomic mass is 9.79. The quantitative estimate of drug-likeness (QED) is 0.735. The second-order valence-electron chi connectivity index (χ2n) is 4.97. The molecule has 0 bridgehead atoms. The number of urea groups is 1. The Labute approximate surface area is 99.9 Å². The minimum absolute atomic E-state index is 0.0689. The highest BCUT2D eigenvalue weighted by atomic mass is 16.5. The maximum absolute atomic E-state index is 12.0. The molecule has 2 rings (SSSR count). The first-order chi connectivity index (χ1) is 8.02. The van der Waals surface area contributed by atoms with Crippen LogP contribution >= 0.6 is 0 Å². The van der Waals surface area contributed by atoms with Gasteiger partial charge in [-0.15, -0.1) is 0 Å². The maximum atomic E-state index is 12.0. The van der Waals surface area contributed by atoms with E-state index >= 15 is 0 Å². The monoisotopic (exact) mass is 242 g/mol. The number of carboxylic acids is 1. The molecular formula is C11H18N2O4. The molecule has 1 unspecified atom stereocenters. The first-order valence-electron chi connectivity index (χ1n) is 5.91. The van der Waals surface area contributed by atoms with Gasteiger partial charge in [0, 0.05) is 12.1 Å². The van der Waals surface area contributed by atoms with Crippen LogP contribution in [0.3, 0.4) is 0 Å². The van der Waals surface area contributed by atoms with Gasteiger partial charge in [-0.05, 0) is 26.2 Å². The van der Waals surface area contributed by atoms with E-state index in [1.165, 1.54) is 4.90 Å². The van der Waals surface area contributed by atoms with Crippen molar-refractivity contribution in [1.82, 2.24) is 10.2 Å². The molecule has 1 aliphatic heterocycles. The molecule has 96 valence electrons. The van der Waals surface area contributed by atoms with E-state index in [0.29, 0.717) is 13.2 Å². The smallest absolute Gasteiger partial charge is 0.328 e. The van der Waals surface area contributed by atoms with Crippen LogP contribution in [0.25, 0.3) is 0 Å². The number of aliphatic carboxylic acids is 1. The Bertz CT molecular complexity index is 327. The summed E-state index contributed by atoms with van der Waals surface area (Å²) in [6.07, 6.45) is 3.03. The number of carboxylic acid groups (broad SMARTS) is 1. The SMILES string of the molecule is CC1(NC(=O)N2CCOCC2C(=O)O)CCC1. The van der Waals surface area contributed by atoms with Gasteiger partial charge in [-0.2, -0.15) is 0 Å². The summed E-state index contributed by atoms with van der Waals surface area (Å²) in [4.78, 5) is 24.4. The third-order valence-corrected chi connectivity index (χ3v) is 3.54. The molecule has 1 saturated heterocycles. The second-order valence-corrected chi connectivity index (χ2v) is 4.97. The van der Waals surface area contributed by atoms with Crippen LogP contribution in [-0.4, -0.2) is 53.3 Å². The molecule has 1 atom stereocenters. The van der Waals surface area contributed by atoms with E-state index in [4.69, 9.17) is 9.84 Å². The van der Waals surface area contributed by atoms with E-state index in [-0.39, 0.29) is 18.2 Å². The zero-order chi connectivity index (χ0) is 12.5. The van der Waals surface area contributed by atoms with E-state index in [0.717, 1.165) is 19.3 Å². The molecule has 6 nitrogen and oxygen atoms in total. The summed E-state index contributed by atoms with van der Waals surface area (Å²) in [6.45, 7) is 2.79. The molecule has 1 saturated carbocycles. The van der Waals surface area contributed by atoms with Crippen molar-refractivity contribution >= 4 is 12.0 Å². The minimum Gasteiger partial charge on any atom is -0.480 e. The molecule has 0 aromatic heterocycles. The standard InChI is InChI=1S/C11H18N2O4/c1-11(3-2-4-11)12-10(16)13-5-6-17-7-8(13)9(14)15/h8H,2-7H2,1H3,(H,12,16)(H,14,15). The number of rotatable bonds is 2. The van der Waals surface area contributed by atoms with E-state index in [1.54, 1.807) is 0 Å². The van der Waals surface area contributed by atoms with Crippen molar-refractivity contribution in [3.63, 3.8) is 0 Å². The van der Waals surface area contributed by atoms with Crippen LogP contribution in [-0.2, 0) is 9.53 Å². The first-order valence-corrected chi connectivity index (χ1v) is 5.91. The molecule has 1 heterocycles. The molecule has 0 aromatic carbocycles. The third kappa shape index (κ3) is 2.52. The largest absolute Gasteiger partial charge is 0.480 e. The molecule has 2 aliphatic rings. The summed E-state index contributed by atoms with van der Waals surface area (Å²) in [6, 6.07) is -1.16. The number of carbonyl (C=O) groups excluding carboxylic acids is 1. The minimum atomic E-state index is -1.02. The third-order valence-electron chi connectivity index (χ3n) is 3.54. The Kier molecular flexibility index (Phi) is 3.24. The van der Waals surface area contributed by atoms with Crippen molar-refractivity contribution in [2.24, 2.45) is 0 Å². The number of hydrogen-bond donors (Lipinski definition) is 2. The van der Waals surface area contributed by atoms with Gasteiger partial charge in [0.1, 0.15) is 0 Å². The van der Waals surface area contributed by atoms with Gasteiger partial charge in [0.2, 0.25) is 0 Å². The normalized spacial score (nSPS) is 27.1. The summed E-state index contributed by atoms with van der Waals surface area (Å²) in [5.41, 5.74) is -0.154. The van der Waals surface area contributed by atoms with Gasteiger partial charge in [0.05, 0.1) is 13.2 Å². The number of nitrogens with zero attached hydrogens (tertiary/aromatic N) is 1. The van der Waals surface area contributed by atoms with Crippen LogP contribution in [0.2, 0.25) is 0 Å². The van der Waals surface area contributed by atoms with Crippen molar-refractivity contribution < 1.29 is 19.4 Å². The molecule has 1 aliphatic carbocycles. The van der Waals surface area contributed by atoms with E-state index in [1.807, 2.05) is 6.92 Å². The van der Waals surface area contributed by atoms with E-state index in [9.17, 15) is 9.59 Å². The highest BCUT2D eigenvalue weighted by Crippen LogP contribution is 2.31. The van der Waals surface area contributed by atoms with Gasteiger partial charge in [0.25, 0.3) is 0 Å². The predicted octanol–water partition coefficient (Wildman–Crippen LogP) is 0.424. The molecule has 0 spiro atoms. The van der Waals surface area contributed by atoms with Crippen LogP contribution in [0, 0.1) is 0 Å². The van der Waals surface area contributed by atoms with Crippen molar-refractivity contribution in [3.05, 3.63) is 0 Å². The fourth-order valence-electron chi connectivity index (χ4n) is 2.21. The van der Waals surface area contributed by atoms with Gasteiger partial charge in [-0.1, -0.05) is 0 Å². The van der Waals surface area contributed by atoms with Crippen molar-refractivity contribution in [1.29, 1.82) is 0 Å². The van der Waals surface area contributed by atoms with E-state index in [2.05, 4.69) is 5.32 Å². The molecule has 17 heavy (non-hydrogen) atoms. The van der Waals surface area contributed by atoms with Gasteiger partial charge in [-0.25, -0.2) is 9.59 Å². The number of carbonyl (C=O) groups is 2.